The molecule has 0 aliphatic rings. The summed E-state index contributed by atoms with van der Waals surface area (Å²) in [5.74, 6) is 0. The molecule has 7 heteroatoms. The van der Waals surface area contributed by atoms with Gasteiger partial charge in [-0.3, -0.25) is 10.1 Å². The lowest BCUT2D eigenvalue weighted by Gasteiger charge is -2.16. The number of aliphatic hydroxyl groups is 1. The van der Waals surface area contributed by atoms with E-state index in [0.717, 1.165) is 12.1 Å². The second-order valence-electron chi connectivity index (χ2n) is 5.28. The van der Waals surface area contributed by atoms with E-state index in [0.29, 0.717) is 17.8 Å². The maximum absolute atomic E-state index is 10.6. The van der Waals surface area contributed by atoms with Crippen molar-refractivity contribution in [2.45, 2.75) is 25.8 Å². The molecule has 0 bridgehead atoms. The average Bonchev–Trinajstić information content (AvgIpc) is 2.61. The molecule has 0 amide bonds. The third-order valence-corrected chi connectivity index (χ3v) is 3.55. The topological polar surface area (TPSA) is 100 Å². The highest BCUT2D eigenvalue weighted by atomic mass is 16.6. The van der Waals surface area contributed by atoms with Crippen LogP contribution in [0, 0.1) is 10.1 Å². The van der Waals surface area contributed by atoms with Gasteiger partial charge < -0.3 is 10.4 Å². The molecule has 126 valence electrons. The maximum atomic E-state index is 10.6. The van der Waals surface area contributed by atoms with E-state index in [1.54, 1.807) is 12.1 Å². The van der Waals surface area contributed by atoms with Gasteiger partial charge in [0.05, 0.1) is 16.3 Å². The van der Waals surface area contributed by atoms with Gasteiger partial charge in [0, 0.05) is 30.5 Å². The number of benzene rings is 2. The summed E-state index contributed by atoms with van der Waals surface area (Å²) in [6.45, 7) is 2.23. The molecule has 0 aliphatic carbocycles. The van der Waals surface area contributed by atoms with E-state index in [4.69, 9.17) is 5.11 Å². The predicted molar refractivity (Wildman–Crippen MR) is 93.1 cm³/mol. The Kier molecular flexibility index (Phi) is 6.39. The first-order valence-corrected chi connectivity index (χ1v) is 7.76. The Morgan fingerprint density at radius 1 is 1.08 bits per heavy atom. The molecular weight excluding hydrogens is 308 g/mol. The first-order valence-electron chi connectivity index (χ1n) is 7.76. The number of nitrogens with one attached hydrogen (secondary N) is 1. The van der Waals surface area contributed by atoms with E-state index >= 15 is 0 Å². The van der Waals surface area contributed by atoms with Crippen LogP contribution in [0.15, 0.2) is 58.8 Å². The van der Waals surface area contributed by atoms with Crippen LogP contribution in [0.4, 0.5) is 22.7 Å². The van der Waals surface area contributed by atoms with Crippen LogP contribution in [0.2, 0.25) is 0 Å². The number of nitro groups is 1. The third kappa shape index (κ3) is 5.13. The summed E-state index contributed by atoms with van der Waals surface area (Å²) < 4.78 is 0. The van der Waals surface area contributed by atoms with Crippen molar-refractivity contribution in [1.82, 2.24) is 0 Å². The van der Waals surface area contributed by atoms with Crippen LogP contribution in [0.1, 0.15) is 19.8 Å². The molecule has 0 aromatic heterocycles. The van der Waals surface area contributed by atoms with E-state index in [1.807, 2.05) is 24.3 Å². The molecule has 0 heterocycles. The SMILES string of the molecule is CCC(CCO)Nc1ccc(N=Nc2ccc([N+](=O)[O-])cc2)cc1. The minimum absolute atomic E-state index is 0.0257. The van der Waals surface area contributed by atoms with Crippen molar-refractivity contribution in [3.05, 3.63) is 58.6 Å². The van der Waals surface area contributed by atoms with Crippen molar-refractivity contribution in [3.63, 3.8) is 0 Å². The smallest absolute Gasteiger partial charge is 0.269 e. The Morgan fingerprint density at radius 2 is 1.62 bits per heavy atom. The Bertz CT molecular complexity index is 684. The molecular formula is C17H20N4O3. The van der Waals surface area contributed by atoms with Gasteiger partial charge in [-0.2, -0.15) is 10.2 Å². The second kappa shape index (κ2) is 8.73. The molecule has 2 N–H and O–H groups in total. The molecule has 2 aromatic carbocycles. The van der Waals surface area contributed by atoms with Gasteiger partial charge in [-0.15, -0.1) is 0 Å². The number of nitrogens with zero attached hydrogens (tertiary/aromatic N) is 3. The van der Waals surface area contributed by atoms with Crippen molar-refractivity contribution in [2.75, 3.05) is 11.9 Å². The van der Waals surface area contributed by atoms with Crippen LogP contribution in [0.5, 0.6) is 0 Å². The van der Waals surface area contributed by atoms with Gasteiger partial charge in [-0.1, -0.05) is 6.92 Å². The summed E-state index contributed by atoms with van der Waals surface area (Å²) in [5.41, 5.74) is 2.23. The molecule has 2 aromatic rings. The number of nitro benzene ring substituents is 1. The summed E-state index contributed by atoms with van der Waals surface area (Å²) in [6, 6.07) is 13.6. The van der Waals surface area contributed by atoms with Gasteiger partial charge in [0.15, 0.2) is 0 Å². The van der Waals surface area contributed by atoms with Crippen molar-refractivity contribution in [2.24, 2.45) is 10.2 Å². The zero-order chi connectivity index (χ0) is 17.4. The Balaban J connectivity index is 1.99. The minimum atomic E-state index is -0.451. The van der Waals surface area contributed by atoms with Gasteiger partial charge in [0.25, 0.3) is 5.69 Å². The fraction of sp³-hybridized carbons (Fsp3) is 0.294. The molecule has 0 aliphatic heterocycles. The quantitative estimate of drug-likeness (QED) is 0.420. The third-order valence-electron chi connectivity index (χ3n) is 3.55. The van der Waals surface area contributed by atoms with E-state index in [-0.39, 0.29) is 18.3 Å². The van der Waals surface area contributed by atoms with Crippen LogP contribution in [0.3, 0.4) is 0 Å². The van der Waals surface area contributed by atoms with E-state index in [1.165, 1.54) is 12.1 Å². The number of hydrogen-bond acceptors (Lipinski definition) is 6. The highest BCUT2D eigenvalue weighted by Gasteiger charge is 2.05. The summed E-state index contributed by atoms with van der Waals surface area (Å²) in [5, 5.41) is 31.1. The first-order chi connectivity index (χ1) is 11.6. The summed E-state index contributed by atoms with van der Waals surface area (Å²) in [4.78, 5) is 10.1. The molecule has 1 unspecified atom stereocenters. The van der Waals surface area contributed by atoms with Crippen molar-refractivity contribution >= 4 is 22.7 Å². The summed E-state index contributed by atoms with van der Waals surface area (Å²) in [6.07, 6.45) is 1.64. The lowest BCUT2D eigenvalue weighted by atomic mass is 10.1. The lowest BCUT2D eigenvalue weighted by molar-refractivity contribution is -0.384. The molecule has 7 nitrogen and oxygen atoms in total. The van der Waals surface area contributed by atoms with Gasteiger partial charge in [-0.05, 0) is 49.2 Å². The zero-order valence-corrected chi connectivity index (χ0v) is 13.4. The lowest BCUT2D eigenvalue weighted by Crippen LogP contribution is -2.19. The van der Waals surface area contributed by atoms with E-state index in [2.05, 4.69) is 22.5 Å². The average molecular weight is 328 g/mol. The van der Waals surface area contributed by atoms with Crippen molar-refractivity contribution in [1.29, 1.82) is 0 Å². The summed E-state index contributed by atoms with van der Waals surface area (Å²) >= 11 is 0. The fourth-order valence-electron chi connectivity index (χ4n) is 2.15. The molecule has 2 rings (SSSR count). The molecule has 1 atom stereocenters. The molecule has 24 heavy (non-hydrogen) atoms. The number of anilines is 1. The van der Waals surface area contributed by atoms with Gasteiger partial charge >= 0.3 is 0 Å². The fourth-order valence-corrected chi connectivity index (χ4v) is 2.15. The molecule has 0 radical (unpaired) electrons. The highest BCUT2D eigenvalue weighted by Crippen LogP contribution is 2.22. The Hall–Kier alpha value is -2.80. The number of hydrogen-bond donors (Lipinski definition) is 2. The van der Waals surface area contributed by atoms with E-state index in [9.17, 15) is 10.1 Å². The Labute approximate surface area is 140 Å². The minimum Gasteiger partial charge on any atom is -0.396 e. The monoisotopic (exact) mass is 328 g/mol. The second-order valence-corrected chi connectivity index (χ2v) is 5.28. The highest BCUT2D eigenvalue weighted by molar-refractivity contribution is 5.51. The van der Waals surface area contributed by atoms with Crippen LogP contribution < -0.4 is 5.32 Å². The Morgan fingerprint density at radius 3 is 2.08 bits per heavy atom. The van der Waals surface area contributed by atoms with Crippen LogP contribution in [-0.4, -0.2) is 22.7 Å². The van der Waals surface area contributed by atoms with Gasteiger partial charge in [0.2, 0.25) is 0 Å². The van der Waals surface area contributed by atoms with Crippen molar-refractivity contribution < 1.29 is 10.0 Å². The van der Waals surface area contributed by atoms with Crippen LogP contribution in [0.25, 0.3) is 0 Å². The number of azo groups is 1. The predicted octanol–water partition coefficient (Wildman–Crippen LogP) is 4.58. The van der Waals surface area contributed by atoms with Crippen LogP contribution >= 0.6 is 0 Å². The number of rotatable bonds is 8. The molecule has 0 spiro atoms. The van der Waals surface area contributed by atoms with E-state index < -0.39 is 4.92 Å². The normalized spacial score (nSPS) is 12.2. The van der Waals surface area contributed by atoms with Crippen molar-refractivity contribution in [3.8, 4) is 0 Å². The number of aliphatic hydroxyl groups excluding tert-OH is 1. The molecule has 0 fully saturated rings. The molecule has 0 saturated heterocycles. The number of non-ortho nitro benzene ring substituents is 1. The van der Waals surface area contributed by atoms with Gasteiger partial charge in [0.1, 0.15) is 0 Å². The van der Waals surface area contributed by atoms with Crippen LogP contribution in [-0.2, 0) is 0 Å². The summed E-state index contributed by atoms with van der Waals surface area (Å²) in [7, 11) is 0. The standard InChI is InChI=1S/C17H20N4O3/c1-2-13(11-12-22)18-14-3-5-15(6-4-14)19-20-16-7-9-17(10-8-16)21(23)24/h3-10,13,18,22H,2,11-12H2,1H3. The first kappa shape index (κ1) is 17.6. The van der Waals surface area contributed by atoms with Gasteiger partial charge in [-0.25, -0.2) is 0 Å². The molecule has 0 saturated carbocycles. The zero-order valence-electron chi connectivity index (χ0n) is 13.4. The largest absolute Gasteiger partial charge is 0.396 e. The maximum Gasteiger partial charge on any atom is 0.269 e.